The number of fused-ring (bicyclic) bond motifs is 1. The fraction of sp³-hybridized carbons (Fsp3) is 0.154. The van der Waals surface area contributed by atoms with Gasteiger partial charge in [-0.1, -0.05) is 0 Å². The van der Waals surface area contributed by atoms with Crippen molar-refractivity contribution in [2.24, 2.45) is 5.10 Å². The molecule has 0 unspecified atom stereocenters. The summed E-state index contributed by atoms with van der Waals surface area (Å²) < 4.78 is 0. The lowest BCUT2D eigenvalue weighted by Gasteiger charge is -2.12. The largest absolute Gasteiger partial charge is 0.321 e. The molecule has 1 aromatic carbocycles. The molecule has 1 aromatic heterocycles. The van der Waals surface area contributed by atoms with Crippen molar-refractivity contribution in [2.45, 2.75) is 12.8 Å². The summed E-state index contributed by atoms with van der Waals surface area (Å²) in [4.78, 5) is 31.3. The number of aromatic nitrogens is 2. The number of amides is 2. The van der Waals surface area contributed by atoms with Crippen LogP contribution in [0.25, 0.3) is 11.0 Å². The van der Waals surface area contributed by atoms with Crippen molar-refractivity contribution in [3.05, 3.63) is 30.6 Å². The third-order valence-electron chi connectivity index (χ3n) is 2.89. The van der Waals surface area contributed by atoms with Gasteiger partial charge in [0.05, 0.1) is 11.0 Å². The standard InChI is InChI=1S/C13H11N5O2/c19-12-4-3-10(17-18-12)13(20)16-8-1-2-9-11(7-8)15-6-5-14-9/h1-2,5-7H,3-4H2,(H,16,20)(H,18,19). The minimum absolute atomic E-state index is 0.178. The fourth-order valence-corrected chi connectivity index (χ4v) is 1.88. The lowest BCUT2D eigenvalue weighted by Crippen LogP contribution is -2.32. The summed E-state index contributed by atoms with van der Waals surface area (Å²) in [5.41, 5.74) is 4.67. The van der Waals surface area contributed by atoms with Crippen molar-refractivity contribution < 1.29 is 9.59 Å². The van der Waals surface area contributed by atoms with Gasteiger partial charge in [0, 0.05) is 30.9 Å². The van der Waals surface area contributed by atoms with Crippen LogP contribution in [0.4, 0.5) is 5.69 Å². The number of rotatable bonds is 2. The number of carbonyl (C=O) groups is 2. The molecule has 2 heterocycles. The van der Waals surface area contributed by atoms with Gasteiger partial charge in [0.2, 0.25) is 5.91 Å². The third-order valence-corrected chi connectivity index (χ3v) is 2.89. The van der Waals surface area contributed by atoms with Crippen LogP contribution in [0.15, 0.2) is 35.7 Å². The van der Waals surface area contributed by atoms with E-state index in [0.717, 1.165) is 5.52 Å². The summed E-state index contributed by atoms with van der Waals surface area (Å²) in [6.45, 7) is 0. The van der Waals surface area contributed by atoms with Gasteiger partial charge in [0.15, 0.2) is 0 Å². The van der Waals surface area contributed by atoms with Gasteiger partial charge in [-0.2, -0.15) is 5.10 Å². The van der Waals surface area contributed by atoms with Crippen LogP contribution in [-0.2, 0) is 9.59 Å². The highest BCUT2D eigenvalue weighted by Crippen LogP contribution is 2.15. The number of nitrogens with zero attached hydrogens (tertiary/aromatic N) is 3. The second kappa shape index (κ2) is 5.04. The van der Waals surface area contributed by atoms with Crippen molar-refractivity contribution in [3.8, 4) is 0 Å². The first-order chi connectivity index (χ1) is 9.72. The van der Waals surface area contributed by atoms with Gasteiger partial charge >= 0.3 is 0 Å². The lowest BCUT2D eigenvalue weighted by atomic mass is 10.1. The van der Waals surface area contributed by atoms with E-state index in [1.807, 2.05) is 0 Å². The topological polar surface area (TPSA) is 96.3 Å². The molecule has 0 saturated heterocycles. The van der Waals surface area contributed by atoms with E-state index in [2.05, 4.69) is 25.8 Å². The fourth-order valence-electron chi connectivity index (χ4n) is 1.88. The average Bonchev–Trinajstić information content (AvgIpc) is 2.48. The highest BCUT2D eigenvalue weighted by molar-refractivity contribution is 6.43. The first-order valence-corrected chi connectivity index (χ1v) is 6.10. The molecule has 0 atom stereocenters. The summed E-state index contributed by atoms with van der Waals surface area (Å²) >= 11 is 0. The molecular weight excluding hydrogens is 258 g/mol. The van der Waals surface area contributed by atoms with Gasteiger partial charge in [0.1, 0.15) is 5.71 Å². The summed E-state index contributed by atoms with van der Waals surface area (Å²) in [6, 6.07) is 5.27. The maximum Gasteiger partial charge on any atom is 0.271 e. The van der Waals surface area contributed by atoms with E-state index in [1.54, 1.807) is 30.6 Å². The summed E-state index contributed by atoms with van der Waals surface area (Å²) in [7, 11) is 0. The molecule has 3 rings (SSSR count). The normalized spacial score (nSPS) is 14.6. The van der Waals surface area contributed by atoms with Crippen LogP contribution < -0.4 is 10.7 Å². The van der Waals surface area contributed by atoms with Crippen LogP contribution in [0.2, 0.25) is 0 Å². The molecule has 1 aliphatic heterocycles. The van der Waals surface area contributed by atoms with Crippen molar-refractivity contribution in [1.82, 2.24) is 15.4 Å². The van der Waals surface area contributed by atoms with E-state index in [1.165, 1.54) is 0 Å². The number of benzene rings is 1. The van der Waals surface area contributed by atoms with Crippen LogP contribution in [0.3, 0.4) is 0 Å². The minimum Gasteiger partial charge on any atom is -0.321 e. The number of nitrogens with one attached hydrogen (secondary N) is 2. The van der Waals surface area contributed by atoms with Crippen LogP contribution in [0.1, 0.15) is 12.8 Å². The van der Waals surface area contributed by atoms with Crippen LogP contribution >= 0.6 is 0 Å². The Bertz CT molecular complexity index is 726. The Morgan fingerprint density at radius 3 is 2.70 bits per heavy atom. The second-order valence-electron chi connectivity index (χ2n) is 4.31. The van der Waals surface area contributed by atoms with Crippen LogP contribution in [0, 0.1) is 0 Å². The van der Waals surface area contributed by atoms with E-state index in [-0.39, 0.29) is 18.2 Å². The molecule has 1 aliphatic rings. The maximum absolute atomic E-state index is 12.0. The Morgan fingerprint density at radius 2 is 1.95 bits per heavy atom. The third kappa shape index (κ3) is 2.46. The molecule has 0 bridgehead atoms. The van der Waals surface area contributed by atoms with Gasteiger partial charge in [-0.3, -0.25) is 19.6 Å². The van der Waals surface area contributed by atoms with Crippen molar-refractivity contribution >= 4 is 34.2 Å². The number of hydrogen-bond acceptors (Lipinski definition) is 5. The molecule has 2 N–H and O–H groups in total. The Labute approximate surface area is 114 Å². The average molecular weight is 269 g/mol. The Hall–Kier alpha value is -2.83. The molecule has 0 spiro atoms. The molecule has 2 aromatic rings. The molecule has 100 valence electrons. The second-order valence-corrected chi connectivity index (χ2v) is 4.31. The van der Waals surface area contributed by atoms with Crippen molar-refractivity contribution in [1.29, 1.82) is 0 Å². The number of hydrogen-bond donors (Lipinski definition) is 2. The molecule has 0 radical (unpaired) electrons. The number of hydrazone groups is 1. The molecule has 0 saturated carbocycles. The maximum atomic E-state index is 12.0. The molecule has 20 heavy (non-hydrogen) atoms. The van der Waals surface area contributed by atoms with E-state index in [9.17, 15) is 9.59 Å². The van der Waals surface area contributed by atoms with E-state index in [4.69, 9.17) is 0 Å². The van der Waals surface area contributed by atoms with Gasteiger partial charge in [-0.25, -0.2) is 5.43 Å². The predicted molar refractivity (Wildman–Crippen MR) is 73.0 cm³/mol. The smallest absolute Gasteiger partial charge is 0.271 e. The molecule has 2 amide bonds. The van der Waals surface area contributed by atoms with Gasteiger partial charge in [-0.05, 0) is 18.2 Å². The Morgan fingerprint density at radius 1 is 1.15 bits per heavy atom. The van der Waals surface area contributed by atoms with E-state index >= 15 is 0 Å². The predicted octanol–water partition coefficient (Wildman–Crippen LogP) is 0.834. The number of anilines is 1. The molecule has 0 fully saturated rings. The molecule has 7 heteroatoms. The van der Waals surface area contributed by atoms with Gasteiger partial charge in [0.25, 0.3) is 5.91 Å². The Kier molecular flexibility index (Phi) is 3.08. The summed E-state index contributed by atoms with van der Waals surface area (Å²) in [6.07, 6.45) is 3.81. The van der Waals surface area contributed by atoms with E-state index < -0.39 is 0 Å². The Balaban J connectivity index is 1.79. The van der Waals surface area contributed by atoms with Crippen LogP contribution in [0.5, 0.6) is 0 Å². The molecular formula is C13H11N5O2. The first kappa shape index (κ1) is 12.2. The molecule has 7 nitrogen and oxygen atoms in total. The monoisotopic (exact) mass is 269 g/mol. The van der Waals surface area contributed by atoms with Crippen LogP contribution in [-0.4, -0.2) is 27.5 Å². The SMILES string of the molecule is O=C1CCC(C(=O)Nc2ccc3nccnc3c2)=NN1. The zero-order chi connectivity index (χ0) is 13.9. The van der Waals surface area contributed by atoms with Crippen molar-refractivity contribution in [3.63, 3.8) is 0 Å². The zero-order valence-corrected chi connectivity index (χ0v) is 10.5. The van der Waals surface area contributed by atoms with E-state index in [0.29, 0.717) is 23.3 Å². The quantitative estimate of drug-likeness (QED) is 0.844. The van der Waals surface area contributed by atoms with Gasteiger partial charge in [-0.15, -0.1) is 0 Å². The van der Waals surface area contributed by atoms with Gasteiger partial charge < -0.3 is 5.32 Å². The first-order valence-electron chi connectivity index (χ1n) is 6.10. The highest BCUT2D eigenvalue weighted by Gasteiger charge is 2.18. The highest BCUT2D eigenvalue weighted by atomic mass is 16.2. The summed E-state index contributed by atoms with van der Waals surface area (Å²) in [5.74, 6) is -0.504. The van der Waals surface area contributed by atoms with Crippen molar-refractivity contribution in [2.75, 3.05) is 5.32 Å². The molecule has 0 aliphatic carbocycles. The number of carbonyl (C=O) groups excluding carboxylic acids is 2. The lowest BCUT2D eigenvalue weighted by molar-refractivity contribution is -0.121. The summed E-state index contributed by atoms with van der Waals surface area (Å²) in [5, 5.41) is 6.48. The minimum atomic E-state index is -0.326. The zero-order valence-electron chi connectivity index (χ0n) is 10.5.